The smallest absolute Gasteiger partial charge is 0.122 e. The molecule has 0 saturated heterocycles. The lowest BCUT2D eigenvalue weighted by Gasteiger charge is -2.13. The molecule has 0 aromatic heterocycles. The molecule has 2 nitrogen and oxygen atoms in total. The molecule has 0 saturated carbocycles. The van der Waals surface area contributed by atoms with Crippen LogP contribution in [0.5, 0.6) is 5.75 Å². The first kappa shape index (κ1) is 14.1. The number of ether oxygens (including phenoxy) is 1. The third-order valence-electron chi connectivity index (χ3n) is 2.97. The molecule has 100 valence electrons. The van der Waals surface area contributed by atoms with E-state index in [4.69, 9.17) is 4.74 Å². The monoisotopic (exact) mass is 320 g/mol. The molecule has 0 amide bonds. The van der Waals surface area contributed by atoms with Crippen LogP contribution in [0.1, 0.15) is 22.8 Å². The van der Waals surface area contributed by atoms with Crippen LogP contribution in [0.4, 0.5) is 0 Å². The molecule has 2 aromatic rings. The highest BCUT2D eigenvalue weighted by atomic mass is 79.9. The quantitative estimate of drug-likeness (QED) is 0.844. The summed E-state index contributed by atoms with van der Waals surface area (Å²) < 4.78 is 5.80. The van der Waals surface area contributed by atoms with E-state index >= 15 is 0 Å². The van der Waals surface area contributed by atoms with Crippen molar-refractivity contribution in [3.8, 4) is 5.75 Å². The van der Waals surface area contributed by atoms with Gasteiger partial charge in [-0.15, -0.1) is 0 Å². The van der Waals surface area contributed by atoms with Crippen LogP contribution in [0.15, 0.2) is 48.5 Å². The highest BCUT2D eigenvalue weighted by Gasteiger charge is 2.08. The molecular formula is C16H17BrO2. The van der Waals surface area contributed by atoms with E-state index in [-0.39, 0.29) is 0 Å². The van der Waals surface area contributed by atoms with Crippen molar-refractivity contribution in [3.63, 3.8) is 0 Å². The molecule has 0 aliphatic carbocycles. The SMILES string of the molecule is Cc1cc([C@@H](O)CBr)ccc1OCc1ccccc1. The summed E-state index contributed by atoms with van der Waals surface area (Å²) in [5.74, 6) is 0.856. The lowest BCUT2D eigenvalue weighted by Crippen LogP contribution is -2.01. The van der Waals surface area contributed by atoms with Gasteiger partial charge >= 0.3 is 0 Å². The van der Waals surface area contributed by atoms with Crippen LogP contribution in [-0.4, -0.2) is 10.4 Å². The van der Waals surface area contributed by atoms with E-state index in [9.17, 15) is 5.11 Å². The van der Waals surface area contributed by atoms with Gasteiger partial charge in [0.05, 0.1) is 6.10 Å². The summed E-state index contributed by atoms with van der Waals surface area (Å²) in [6.07, 6.45) is -0.470. The normalized spacial score (nSPS) is 12.2. The van der Waals surface area contributed by atoms with Crippen molar-refractivity contribution >= 4 is 15.9 Å². The minimum Gasteiger partial charge on any atom is -0.489 e. The van der Waals surface area contributed by atoms with E-state index in [0.717, 1.165) is 22.4 Å². The van der Waals surface area contributed by atoms with Gasteiger partial charge in [0.1, 0.15) is 12.4 Å². The summed E-state index contributed by atoms with van der Waals surface area (Å²) in [4.78, 5) is 0. The van der Waals surface area contributed by atoms with Gasteiger partial charge in [0.2, 0.25) is 0 Å². The van der Waals surface area contributed by atoms with Crippen molar-refractivity contribution in [2.24, 2.45) is 0 Å². The first-order chi connectivity index (χ1) is 9.20. The van der Waals surface area contributed by atoms with E-state index in [2.05, 4.69) is 15.9 Å². The first-order valence-corrected chi connectivity index (χ1v) is 7.34. The third-order valence-corrected chi connectivity index (χ3v) is 3.58. The molecule has 2 rings (SSSR count). The van der Waals surface area contributed by atoms with Crippen molar-refractivity contribution in [1.29, 1.82) is 0 Å². The third kappa shape index (κ3) is 3.82. The minimum absolute atomic E-state index is 0.470. The molecule has 0 fully saturated rings. The second kappa shape index (κ2) is 6.73. The lowest BCUT2D eigenvalue weighted by atomic mass is 10.1. The molecule has 1 atom stereocenters. The first-order valence-electron chi connectivity index (χ1n) is 6.22. The highest BCUT2D eigenvalue weighted by Crippen LogP contribution is 2.24. The highest BCUT2D eigenvalue weighted by molar-refractivity contribution is 9.09. The van der Waals surface area contributed by atoms with Crippen LogP contribution < -0.4 is 4.74 Å². The molecule has 0 unspecified atom stereocenters. The van der Waals surface area contributed by atoms with E-state index in [1.54, 1.807) is 0 Å². The van der Waals surface area contributed by atoms with Gasteiger partial charge in [0, 0.05) is 5.33 Å². The second-order valence-electron chi connectivity index (χ2n) is 4.47. The summed E-state index contributed by atoms with van der Waals surface area (Å²) in [5, 5.41) is 10.3. The van der Waals surface area contributed by atoms with Crippen molar-refractivity contribution < 1.29 is 9.84 Å². The van der Waals surface area contributed by atoms with Crippen LogP contribution >= 0.6 is 15.9 Å². The molecule has 0 radical (unpaired) electrons. The fourth-order valence-corrected chi connectivity index (χ4v) is 2.24. The van der Waals surface area contributed by atoms with Gasteiger partial charge in [0.15, 0.2) is 0 Å². The Hall–Kier alpha value is -1.32. The zero-order valence-corrected chi connectivity index (χ0v) is 12.4. The predicted molar refractivity (Wildman–Crippen MR) is 80.7 cm³/mol. The van der Waals surface area contributed by atoms with Gasteiger partial charge in [-0.25, -0.2) is 0 Å². The van der Waals surface area contributed by atoms with Crippen LogP contribution in [0.25, 0.3) is 0 Å². The van der Waals surface area contributed by atoms with Crippen molar-refractivity contribution in [2.45, 2.75) is 19.6 Å². The van der Waals surface area contributed by atoms with Gasteiger partial charge in [0.25, 0.3) is 0 Å². The van der Waals surface area contributed by atoms with Gasteiger partial charge in [-0.3, -0.25) is 0 Å². The number of hydrogen-bond donors (Lipinski definition) is 1. The average molecular weight is 321 g/mol. The molecule has 0 spiro atoms. The Morgan fingerprint density at radius 2 is 1.89 bits per heavy atom. The van der Waals surface area contributed by atoms with E-state index in [1.165, 1.54) is 0 Å². The largest absolute Gasteiger partial charge is 0.489 e. The number of benzene rings is 2. The Bertz CT molecular complexity index is 526. The van der Waals surface area contributed by atoms with Gasteiger partial charge < -0.3 is 9.84 Å². The summed E-state index contributed by atoms with van der Waals surface area (Å²) in [6, 6.07) is 15.9. The Labute approximate surface area is 122 Å². The number of alkyl halides is 1. The Morgan fingerprint density at radius 3 is 2.53 bits per heavy atom. The summed E-state index contributed by atoms with van der Waals surface area (Å²) in [6.45, 7) is 2.55. The van der Waals surface area contributed by atoms with Crippen LogP contribution in [0, 0.1) is 6.92 Å². The van der Waals surface area contributed by atoms with Crippen molar-refractivity contribution in [1.82, 2.24) is 0 Å². The van der Waals surface area contributed by atoms with Crippen LogP contribution in [0.3, 0.4) is 0 Å². The summed E-state index contributed by atoms with van der Waals surface area (Å²) in [5.41, 5.74) is 3.08. The van der Waals surface area contributed by atoms with Crippen molar-refractivity contribution in [3.05, 3.63) is 65.2 Å². The summed E-state index contributed by atoms with van der Waals surface area (Å²) >= 11 is 3.27. The van der Waals surface area contributed by atoms with Crippen LogP contribution in [-0.2, 0) is 6.61 Å². The number of aliphatic hydroxyl groups is 1. The number of aryl methyl sites for hydroxylation is 1. The molecule has 0 heterocycles. The minimum atomic E-state index is -0.470. The fourth-order valence-electron chi connectivity index (χ4n) is 1.87. The number of aliphatic hydroxyl groups excluding tert-OH is 1. The standard InChI is InChI=1S/C16H17BrO2/c1-12-9-14(15(18)10-17)7-8-16(12)19-11-13-5-3-2-4-6-13/h2-9,15,18H,10-11H2,1H3/t15-/m0/s1. The van der Waals surface area contributed by atoms with Gasteiger partial charge in [-0.1, -0.05) is 52.3 Å². The Kier molecular flexibility index (Phi) is 5.00. The van der Waals surface area contributed by atoms with Crippen molar-refractivity contribution in [2.75, 3.05) is 5.33 Å². The van der Waals surface area contributed by atoms with Crippen LogP contribution in [0.2, 0.25) is 0 Å². The van der Waals surface area contributed by atoms with Gasteiger partial charge in [-0.2, -0.15) is 0 Å². The predicted octanol–water partition coefficient (Wildman–Crippen LogP) is 4.00. The summed E-state index contributed by atoms with van der Waals surface area (Å²) in [7, 11) is 0. The number of rotatable bonds is 5. The van der Waals surface area contributed by atoms with E-state index in [1.807, 2.05) is 55.5 Å². The molecule has 2 aromatic carbocycles. The molecule has 19 heavy (non-hydrogen) atoms. The number of halogens is 1. The molecule has 1 N–H and O–H groups in total. The molecule has 0 aliphatic heterocycles. The average Bonchev–Trinajstić information content (AvgIpc) is 2.46. The maximum atomic E-state index is 9.76. The van der Waals surface area contributed by atoms with E-state index < -0.39 is 6.10 Å². The molecule has 0 aliphatic rings. The fraction of sp³-hybridized carbons (Fsp3) is 0.250. The number of hydrogen-bond acceptors (Lipinski definition) is 2. The molecule has 3 heteroatoms. The Morgan fingerprint density at radius 1 is 1.16 bits per heavy atom. The molecular weight excluding hydrogens is 304 g/mol. The topological polar surface area (TPSA) is 29.5 Å². The maximum Gasteiger partial charge on any atom is 0.122 e. The molecule has 0 bridgehead atoms. The second-order valence-corrected chi connectivity index (χ2v) is 5.12. The van der Waals surface area contributed by atoms with E-state index in [0.29, 0.717) is 11.9 Å². The van der Waals surface area contributed by atoms with Gasteiger partial charge in [-0.05, 0) is 35.7 Å². The maximum absolute atomic E-state index is 9.76. The zero-order chi connectivity index (χ0) is 13.7. The Balaban J connectivity index is 2.05. The lowest BCUT2D eigenvalue weighted by molar-refractivity contribution is 0.205. The zero-order valence-electron chi connectivity index (χ0n) is 10.8.